The van der Waals surface area contributed by atoms with Gasteiger partial charge in [-0.1, -0.05) is 13.8 Å². The highest BCUT2D eigenvalue weighted by Crippen LogP contribution is 2.52. The molecule has 0 spiro atoms. The Kier molecular flexibility index (Phi) is 4.09. The van der Waals surface area contributed by atoms with E-state index in [4.69, 9.17) is 4.74 Å². The van der Waals surface area contributed by atoms with Gasteiger partial charge in [0.1, 0.15) is 10.4 Å². The zero-order chi connectivity index (χ0) is 16.8. The lowest BCUT2D eigenvalue weighted by Crippen LogP contribution is -2.76. The number of rotatable bonds is 6. The average Bonchev–Trinajstić information content (AvgIpc) is 2.84. The van der Waals surface area contributed by atoms with Crippen LogP contribution in [-0.2, 0) is 26.6 Å². The lowest BCUT2D eigenvalue weighted by Gasteiger charge is -2.57. The Balaban J connectivity index is 2.34. The largest absolute Gasteiger partial charge is 0.480 e. The smallest absolute Gasteiger partial charge is 0.325 e. The quantitative estimate of drug-likeness (QED) is 0.778. The van der Waals surface area contributed by atoms with Crippen molar-refractivity contribution in [2.45, 2.75) is 43.7 Å². The summed E-state index contributed by atoms with van der Waals surface area (Å²) in [7, 11) is -2.39. The van der Waals surface area contributed by atoms with Crippen molar-refractivity contribution in [2.75, 3.05) is 6.61 Å². The molecule has 1 aliphatic carbocycles. The Hall–Kier alpha value is -1.45. The Morgan fingerprint density at radius 1 is 1.59 bits per heavy atom. The molecule has 1 aliphatic rings. The summed E-state index contributed by atoms with van der Waals surface area (Å²) in [5, 5.41) is 13.4. The highest BCUT2D eigenvalue weighted by Gasteiger charge is 2.67. The van der Waals surface area contributed by atoms with Gasteiger partial charge in [-0.2, -0.15) is 9.82 Å². The summed E-state index contributed by atoms with van der Waals surface area (Å²) in [4.78, 5) is 11.7. The van der Waals surface area contributed by atoms with Crippen LogP contribution in [0.1, 0.15) is 27.2 Å². The standard InChI is InChI=1S/C13H21N3O5S/c1-5-21-10-6-13(11(17)18,12(10,2)3)15-22(19,20)9-7-14-16(4)8-9/h7-8,10,15H,5-6H2,1-4H3,(H,17,18). The molecule has 1 aromatic rings. The van der Waals surface area contributed by atoms with E-state index in [2.05, 4.69) is 9.82 Å². The summed E-state index contributed by atoms with van der Waals surface area (Å²) in [6.07, 6.45) is 2.28. The maximum Gasteiger partial charge on any atom is 0.325 e. The van der Waals surface area contributed by atoms with Crippen molar-refractivity contribution in [1.29, 1.82) is 0 Å². The minimum absolute atomic E-state index is 0.0636. The van der Waals surface area contributed by atoms with Crippen LogP contribution in [0, 0.1) is 5.41 Å². The number of nitrogens with zero attached hydrogens (tertiary/aromatic N) is 2. The van der Waals surface area contributed by atoms with Gasteiger partial charge in [0.2, 0.25) is 10.0 Å². The van der Waals surface area contributed by atoms with Gasteiger partial charge >= 0.3 is 5.97 Å². The van der Waals surface area contributed by atoms with Crippen LogP contribution < -0.4 is 4.72 Å². The molecule has 2 atom stereocenters. The second-order valence-corrected chi connectivity index (χ2v) is 7.72. The first kappa shape index (κ1) is 16.9. The highest BCUT2D eigenvalue weighted by molar-refractivity contribution is 7.89. The Labute approximate surface area is 129 Å². The van der Waals surface area contributed by atoms with Crippen LogP contribution in [0.25, 0.3) is 0 Å². The van der Waals surface area contributed by atoms with Crippen molar-refractivity contribution >= 4 is 16.0 Å². The number of nitrogens with one attached hydrogen (secondary N) is 1. The summed E-state index contributed by atoms with van der Waals surface area (Å²) in [5.41, 5.74) is -2.47. The molecule has 1 aromatic heterocycles. The number of aromatic nitrogens is 2. The monoisotopic (exact) mass is 331 g/mol. The van der Waals surface area contributed by atoms with E-state index in [0.29, 0.717) is 6.61 Å². The van der Waals surface area contributed by atoms with Crippen molar-refractivity contribution < 1.29 is 23.1 Å². The van der Waals surface area contributed by atoms with Crippen LogP contribution in [0.2, 0.25) is 0 Å². The first-order valence-corrected chi connectivity index (χ1v) is 8.43. The topological polar surface area (TPSA) is 111 Å². The first-order valence-electron chi connectivity index (χ1n) is 6.94. The van der Waals surface area contributed by atoms with Gasteiger partial charge in [-0.05, 0) is 6.92 Å². The molecule has 22 heavy (non-hydrogen) atoms. The van der Waals surface area contributed by atoms with Gasteiger partial charge < -0.3 is 9.84 Å². The number of aliphatic carboxylic acids is 1. The molecule has 1 saturated carbocycles. The minimum Gasteiger partial charge on any atom is -0.480 e. The lowest BCUT2D eigenvalue weighted by molar-refractivity contribution is -0.188. The fraction of sp³-hybridized carbons (Fsp3) is 0.692. The van der Waals surface area contributed by atoms with Crippen LogP contribution in [0.15, 0.2) is 17.3 Å². The van der Waals surface area contributed by atoms with Crippen molar-refractivity contribution in [3.63, 3.8) is 0 Å². The van der Waals surface area contributed by atoms with E-state index in [1.165, 1.54) is 17.1 Å². The van der Waals surface area contributed by atoms with Crippen molar-refractivity contribution in [2.24, 2.45) is 12.5 Å². The predicted molar refractivity (Wildman–Crippen MR) is 77.7 cm³/mol. The third-order valence-electron chi connectivity index (χ3n) is 4.43. The van der Waals surface area contributed by atoms with Gasteiger partial charge in [-0.25, -0.2) is 8.42 Å². The predicted octanol–water partition coefficient (Wildman–Crippen LogP) is 0.357. The number of carboxylic acid groups (broad SMARTS) is 1. The van der Waals surface area contributed by atoms with Crippen molar-refractivity contribution in [3.05, 3.63) is 12.4 Å². The van der Waals surface area contributed by atoms with Crippen LogP contribution in [0.5, 0.6) is 0 Å². The Bertz CT molecular complexity index is 682. The second-order valence-electron chi connectivity index (χ2n) is 6.04. The zero-order valence-electron chi connectivity index (χ0n) is 13.0. The molecule has 9 heteroatoms. The summed E-state index contributed by atoms with van der Waals surface area (Å²) < 4.78 is 34.1. The van der Waals surface area contributed by atoms with E-state index in [0.717, 1.165) is 0 Å². The summed E-state index contributed by atoms with van der Waals surface area (Å²) in [5.74, 6) is -1.21. The Morgan fingerprint density at radius 3 is 2.64 bits per heavy atom. The first-order chi connectivity index (χ1) is 10.1. The Morgan fingerprint density at radius 2 is 2.23 bits per heavy atom. The van der Waals surface area contributed by atoms with Gasteiger partial charge in [0, 0.05) is 31.7 Å². The molecule has 2 rings (SSSR count). The van der Waals surface area contributed by atoms with Gasteiger partial charge in [-0.3, -0.25) is 9.48 Å². The number of ether oxygens (including phenoxy) is 1. The molecule has 0 aromatic carbocycles. The van der Waals surface area contributed by atoms with Crippen molar-refractivity contribution in [1.82, 2.24) is 14.5 Å². The van der Waals surface area contributed by atoms with E-state index in [1.807, 2.05) is 6.92 Å². The number of sulfonamides is 1. The molecule has 0 bridgehead atoms. The van der Waals surface area contributed by atoms with Gasteiger partial charge in [0.05, 0.1) is 12.3 Å². The maximum absolute atomic E-state index is 12.4. The highest BCUT2D eigenvalue weighted by atomic mass is 32.2. The molecule has 0 amide bonds. The number of hydrogen-bond acceptors (Lipinski definition) is 5. The molecule has 1 fully saturated rings. The third kappa shape index (κ3) is 2.42. The molecular formula is C13H21N3O5S. The average molecular weight is 331 g/mol. The minimum atomic E-state index is -3.98. The van der Waals surface area contributed by atoms with Crippen LogP contribution in [-0.4, -0.2) is 47.5 Å². The fourth-order valence-corrected chi connectivity index (χ4v) is 4.30. The molecule has 0 radical (unpaired) electrons. The molecule has 2 N–H and O–H groups in total. The molecular weight excluding hydrogens is 310 g/mol. The summed E-state index contributed by atoms with van der Waals surface area (Å²) >= 11 is 0. The molecule has 124 valence electrons. The van der Waals surface area contributed by atoms with E-state index < -0.39 is 26.9 Å². The molecule has 8 nitrogen and oxygen atoms in total. The molecule has 1 heterocycles. The lowest BCUT2D eigenvalue weighted by atomic mass is 9.54. The van der Waals surface area contributed by atoms with E-state index in [-0.39, 0.29) is 17.4 Å². The third-order valence-corrected chi connectivity index (χ3v) is 5.88. The van der Waals surface area contributed by atoms with Gasteiger partial charge in [0.15, 0.2) is 0 Å². The zero-order valence-corrected chi connectivity index (χ0v) is 13.8. The maximum atomic E-state index is 12.4. The fourth-order valence-electron chi connectivity index (χ4n) is 2.81. The molecule has 0 aliphatic heterocycles. The normalized spacial score (nSPS) is 27.4. The number of carboxylic acids is 1. The van der Waals surface area contributed by atoms with Gasteiger partial charge in [-0.15, -0.1) is 0 Å². The van der Waals surface area contributed by atoms with Crippen LogP contribution in [0.3, 0.4) is 0 Å². The van der Waals surface area contributed by atoms with Crippen molar-refractivity contribution in [3.8, 4) is 0 Å². The number of hydrogen-bond donors (Lipinski definition) is 2. The van der Waals surface area contributed by atoms with E-state index in [1.54, 1.807) is 20.9 Å². The SMILES string of the molecule is CCOC1CC(NS(=O)(=O)c2cnn(C)c2)(C(=O)O)C1(C)C. The van der Waals surface area contributed by atoms with E-state index >= 15 is 0 Å². The molecule has 2 unspecified atom stereocenters. The van der Waals surface area contributed by atoms with Crippen LogP contribution >= 0.6 is 0 Å². The summed E-state index contributed by atoms with van der Waals surface area (Å²) in [6.45, 7) is 5.64. The second kappa shape index (κ2) is 5.32. The molecule has 0 saturated heterocycles. The van der Waals surface area contributed by atoms with Gasteiger partial charge in [0.25, 0.3) is 0 Å². The number of aryl methyl sites for hydroxylation is 1. The summed E-state index contributed by atoms with van der Waals surface area (Å²) in [6, 6.07) is 0. The number of carbonyl (C=O) groups is 1. The van der Waals surface area contributed by atoms with E-state index in [9.17, 15) is 18.3 Å². The van der Waals surface area contributed by atoms with Crippen LogP contribution in [0.4, 0.5) is 0 Å².